The molecular weight excluding hydrogens is 767 g/mol. The first-order valence-electron chi connectivity index (χ1n) is 22.7. The van der Waals surface area contributed by atoms with Crippen LogP contribution >= 0.6 is 0 Å². The summed E-state index contributed by atoms with van der Waals surface area (Å²) < 4.78 is 2.30. The molecule has 8 aromatic rings. The molecule has 0 aliphatic carbocycles. The highest BCUT2D eigenvalue weighted by Crippen LogP contribution is 2.46. The Morgan fingerprint density at radius 1 is 0.524 bits per heavy atom. The fourth-order valence-electron chi connectivity index (χ4n) is 8.75. The summed E-state index contributed by atoms with van der Waals surface area (Å²) in [7, 11) is 0. The molecule has 63 heavy (non-hydrogen) atoms. The zero-order valence-corrected chi connectivity index (χ0v) is 40.0. The van der Waals surface area contributed by atoms with Gasteiger partial charge in [0.05, 0.1) is 28.0 Å². The number of benzene rings is 6. The number of fused-ring (bicyclic) bond motifs is 2. The van der Waals surface area contributed by atoms with Gasteiger partial charge >= 0.3 is 0 Å². The molecule has 0 fully saturated rings. The SMILES string of the molecule is CC(C)c1ccc2c(-c3cc(-c4cccc5c4nc(-c4cc(C(C)(C)C)cc(C(C)(C)C)c4O)n5-c4ccc(C(C)(C)C)cc4-c4ccccc4)cc(C(C)(C)C)c3)nccc2c1. The van der Waals surface area contributed by atoms with Crippen molar-refractivity contribution in [3.05, 3.63) is 155 Å². The Kier molecular flexibility index (Phi) is 10.8. The van der Waals surface area contributed by atoms with E-state index in [1.807, 2.05) is 6.20 Å². The second-order valence-electron chi connectivity index (χ2n) is 22.1. The Morgan fingerprint density at radius 2 is 1.17 bits per heavy atom. The number of aromatic hydroxyl groups is 1. The predicted molar refractivity (Wildman–Crippen MR) is 269 cm³/mol. The summed E-state index contributed by atoms with van der Waals surface area (Å²) in [5, 5.41) is 14.9. The van der Waals surface area contributed by atoms with Crippen molar-refractivity contribution in [3.63, 3.8) is 0 Å². The number of phenolic OH excluding ortho intramolecular Hbond substituents is 1. The molecular formula is C59H65N3O. The summed E-state index contributed by atoms with van der Waals surface area (Å²) in [6, 6.07) is 44.3. The molecule has 0 saturated carbocycles. The van der Waals surface area contributed by atoms with E-state index in [0.29, 0.717) is 11.7 Å². The van der Waals surface area contributed by atoms with Crippen LogP contribution in [-0.4, -0.2) is 19.6 Å². The Balaban J connectivity index is 1.48. The fourth-order valence-corrected chi connectivity index (χ4v) is 8.75. The normalized spacial score (nSPS) is 12.8. The van der Waals surface area contributed by atoms with Gasteiger partial charge in [-0.1, -0.05) is 176 Å². The number of phenols is 1. The van der Waals surface area contributed by atoms with Gasteiger partial charge in [0, 0.05) is 33.8 Å². The van der Waals surface area contributed by atoms with Gasteiger partial charge in [0.15, 0.2) is 0 Å². The van der Waals surface area contributed by atoms with Crippen LogP contribution in [0.15, 0.2) is 128 Å². The highest BCUT2D eigenvalue weighted by atomic mass is 16.3. The minimum absolute atomic E-state index is 0.0680. The fraction of sp³-hybridized carbons (Fsp3) is 0.322. The molecule has 1 N–H and O–H groups in total. The molecule has 0 aliphatic rings. The van der Waals surface area contributed by atoms with Crippen molar-refractivity contribution in [2.45, 2.75) is 125 Å². The molecule has 0 amide bonds. The van der Waals surface area contributed by atoms with Gasteiger partial charge < -0.3 is 5.11 Å². The quantitative estimate of drug-likeness (QED) is 0.182. The molecule has 0 aliphatic heterocycles. The van der Waals surface area contributed by atoms with Crippen molar-refractivity contribution in [2.24, 2.45) is 0 Å². The molecule has 8 rings (SSSR count). The van der Waals surface area contributed by atoms with Crippen molar-refractivity contribution in [3.8, 4) is 56.3 Å². The highest BCUT2D eigenvalue weighted by Gasteiger charge is 2.30. The number of aromatic nitrogens is 3. The molecule has 0 radical (unpaired) electrons. The van der Waals surface area contributed by atoms with Crippen LogP contribution in [0.4, 0.5) is 0 Å². The van der Waals surface area contributed by atoms with Gasteiger partial charge in [-0.3, -0.25) is 9.55 Å². The van der Waals surface area contributed by atoms with Gasteiger partial charge in [0.1, 0.15) is 11.6 Å². The maximum atomic E-state index is 12.6. The first-order valence-corrected chi connectivity index (χ1v) is 22.7. The van der Waals surface area contributed by atoms with Crippen LogP contribution in [0.1, 0.15) is 131 Å². The zero-order valence-electron chi connectivity index (χ0n) is 40.0. The lowest BCUT2D eigenvalue weighted by atomic mass is 9.79. The topological polar surface area (TPSA) is 50.9 Å². The molecule has 0 bridgehead atoms. The van der Waals surface area contributed by atoms with Crippen molar-refractivity contribution in [2.75, 3.05) is 0 Å². The van der Waals surface area contributed by atoms with Gasteiger partial charge in [-0.2, -0.15) is 0 Å². The molecule has 322 valence electrons. The van der Waals surface area contributed by atoms with Crippen LogP contribution < -0.4 is 0 Å². The first kappa shape index (κ1) is 43.6. The zero-order chi connectivity index (χ0) is 45.4. The van der Waals surface area contributed by atoms with E-state index in [-0.39, 0.29) is 27.4 Å². The lowest BCUT2D eigenvalue weighted by Gasteiger charge is -2.28. The summed E-state index contributed by atoms with van der Waals surface area (Å²) >= 11 is 0. The number of para-hydroxylation sites is 1. The molecule has 4 heteroatoms. The molecule has 0 atom stereocenters. The van der Waals surface area contributed by atoms with E-state index < -0.39 is 0 Å². The average molecular weight is 832 g/mol. The molecule has 2 heterocycles. The third kappa shape index (κ3) is 8.33. The largest absolute Gasteiger partial charge is 0.507 e. The lowest BCUT2D eigenvalue weighted by molar-refractivity contribution is 0.446. The Morgan fingerprint density at radius 3 is 1.83 bits per heavy atom. The third-order valence-corrected chi connectivity index (χ3v) is 12.7. The van der Waals surface area contributed by atoms with Crippen molar-refractivity contribution in [1.82, 2.24) is 14.5 Å². The summed E-state index contributed by atoms with van der Waals surface area (Å²) in [6.07, 6.45) is 1.94. The number of nitrogens with zero attached hydrogens (tertiary/aromatic N) is 3. The van der Waals surface area contributed by atoms with Gasteiger partial charge in [-0.05, 0) is 109 Å². The lowest BCUT2D eigenvalue weighted by Crippen LogP contribution is -2.17. The van der Waals surface area contributed by atoms with Gasteiger partial charge in [-0.25, -0.2) is 4.98 Å². The van der Waals surface area contributed by atoms with E-state index in [0.717, 1.165) is 72.3 Å². The van der Waals surface area contributed by atoms with E-state index >= 15 is 0 Å². The van der Waals surface area contributed by atoms with Crippen molar-refractivity contribution < 1.29 is 5.11 Å². The van der Waals surface area contributed by atoms with E-state index in [1.54, 1.807) is 0 Å². The van der Waals surface area contributed by atoms with Crippen molar-refractivity contribution in [1.29, 1.82) is 0 Å². The smallest absolute Gasteiger partial charge is 0.149 e. The molecule has 0 unspecified atom stereocenters. The Bertz CT molecular complexity index is 3010. The number of pyridine rings is 1. The van der Waals surface area contributed by atoms with Crippen molar-refractivity contribution >= 4 is 21.8 Å². The van der Waals surface area contributed by atoms with Crippen LogP contribution in [0, 0.1) is 0 Å². The Hall–Kier alpha value is -6.00. The average Bonchev–Trinajstić information content (AvgIpc) is 3.61. The molecule has 4 nitrogen and oxygen atoms in total. The number of imidazole rings is 1. The first-order chi connectivity index (χ1) is 29.5. The summed E-state index contributed by atoms with van der Waals surface area (Å²) in [6.45, 7) is 31.3. The van der Waals surface area contributed by atoms with Crippen LogP contribution in [0.2, 0.25) is 0 Å². The summed E-state index contributed by atoms with van der Waals surface area (Å²) in [5.74, 6) is 1.40. The van der Waals surface area contributed by atoms with Crippen LogP contribution in [-0.2, 0) is 21.7 Å². The molecule has 2 aromatic heterocycles. The molecule has 6 aromatic carbocycles. The van der Waals surface area contributed by atoms with Gasteiger partial charge in [0.2, 0.25) is 0 Å². The second-order valence-corrected chi connectivity index (χ2v) is 22.1. The predicted octanol–water partition coefficient (Wildman–Crippen LogP) is 16.3. The van der Waals surface area contributed by atoms with E-state index in [1.165, 1.54) is 22.1 Å². The molecule has 0 saturated heterocycles. The van der Waals surface area contributed by atoms with E-state index in [9.17, 15) is 5.11 Å². The molecule has 0 spiro atoms. The minimum atomic E-state index is -0.318. The number of rotatable bonds is 6. The highest BCUT2D eigenvalue weighted by molar-refractivity contribution is 6.00. The standard InChI is InChI=1S/C59H65N3O/c1-36(2)38-23-25-46-39(29-38)27-28-60-52(46)41-30-40(31-43(32-41)57(6,7)8)45-21-18-22-51-53(45)61-55(48-34-44(58(9,10)11)35-49(54(48)63)59(12,13)14)62(51)50-26-24-42(56(3,4)5)33-47(50)37-19-16-15-17-20-37/h15-36,63H,1-14H3. The van der Waals surface area contributed by atoms with Crippen LogP contribution in [0.25, 0.3) is 72.4 Å². The van der Waals surface area contributed by atoms with E-state index in [4.69, 9.17) is 9.97 Å². The summed E-state index contributed by atoms with van der Waals surface area (Å²) in [4.78, 5) is 10.8. The van der Waals surface area contributed by atoms with Gasteiger partial charge in [0.25, 0.3) is 0 Å². The summed E-state index contributed by atoms with van der Waals surface area (Å²) in [5.41, 5.74) is 15.1. The minimum Gasteiger partial charge on any atom is -0.507 e. The van der Waals surface area contributed by atoms with Crippen LogP contribution in [0.3, 0.4) is 0 Å². The monoisotopic (exact) mass is 832 g/mol. The number of hydrogen-bond acceptors (Lipinski definition) is 3. The maximum absolute atomic E-state index is 12.6. The second kappa shape index (κ2) is 15.7. The Labute approximate surface area is 376 Å². The van der Waals surface area contributed by atoms with Gasteiger partial charge in [-0.15, -0.1) is 0 Å². The van der Waals surface area contributed by atoms with E-state index in [2.05, 4.69) is 223 Å². The third-order valence-electron chi connectivity index (χ3n) is 12.7. The number of hydrogen-bond donors (Lipinski definition) is 1. The van der Waals surface area contributed by atoms with Crippen LogP contribution in [0.5, 0.6) is 5.75 Å². The maximum Gasteiger partial charge on any atom is 0.149 e.